The minimum Gasteiger partial charge on any atom is -0.357 e. The number of H-pyrrole nitrogens is 1. The first-order chi connectivity index (χ1) is 16.2. The monoisotopic (exact) mass is 439 g/mol. The summed E-state index contributed by atoms with van der Waals surface area (Å²) in [6, 6.07) is 12.1. The van der Waals surface area contributed by atoms with E-state index in [1.165, 1.54) is 30.3 Å². The van der Waals surface area contributed by atoms with Gasteiger partial charge in [0.15, 0.2) is 5.65 Å². The van der Waals surface area contributed by atoms with E-state index in [4.69, 9.17) is 0 Å². The van der Waals surface area contributed by atoms with Gasteiger partial charge in [0.1, 0.15) is 5.52 Å². The van der Waals surface area contributed by atoms with Crippen molar-refractivity contribution in [2.24, 2.45) is 5.92 Å². The molecule has 1 fully saturated rings. The smallest absolute Gasteiger partial charge is 0.253 e. The lowest BCUT2D eigenvalue weighted by Gasteiger charge is -2.25. The van der Waals surface area contributed by atoms with Crippen LogP contribution in [0.15, 0.2) is 55.0 Å². The van der Waals surface area contributed by atoms with E-state index >= 15 is 0 Å². The highest BCUT2D eigenvalue weighted by molar-refractivity contribution is 5.96. The van der Waals surface area contributed by atoms with Gasteiger partial charge in [-0.05, 0) is 60.5 Å². The normalized spacial score (nSPS) is 14.2. The Morgan fingerprint density at radius 2 is 2.00 bits per heavy atom. The molecule has 5 aromatic rings. The summed E-state index contributed by atoms with van der Waals surface area (Å²) >= 11 is 0. The molecule has 33 heavy (non-hydrogen) atoms. The number of pyridine rings is 1. The van der Waals surface area contributed by atoms with E-state index in [0.717, 1.165) is 35.6 Å². The first-order valence-electron chi connectivity index (χ1n) is 11.4. The zero-order valence-electron chi connectivity index (χ0n) is 18.2. The van der Waals surface area contributed by atoms with Crippen molar-refractivity contribution in [1.29, 1.82) is 0 Å². The molecule has 1 aromatic carbocycles. The Balaban J connectivity index is 1.13. The van der Waals surface area contributed by atoms with Crippen LogP contribution in [0.1, 0.15) is 40.9 Å². The Hall–Kier alpha value is -3.78. The third kappa shape index (κ3) is 3.93. The summed E-state index contributed by atoms with van der Waals surface area (Å²) in [5.41, 5.74) is 5.91. The third-order valence-electron chi connectivity index (χ3n) is 6.50. The lowest BCUT2D eigenvalue weighted by Crippen LogP contribution is -2.26. The van der Waals surface area contributed by atoms with Crippen LogP contribution in [0.25, 0.3) is 27.6 Å². The number of nitrogens with zero attached hydrogens (tertiary/aromatic N) is 4. The standard InChI is InChI=1S/C25H25N7O/c33-25(19-10-23-24(27-13-19)28-15-21-6-7-30-32(21)23)29-12-17-4-5-18-9-20(31-22(18)8-17)14-26-11-16-2-1-3-16/h4-10,13,15-16,26,31H,1-3,11-12,14H2,(H,29,33). The highest BCUT2D eigenvalue weighted by Crippen LogP contribution is 2.25. The fourth-order valence-corrected chi connectivity index (χ4v) is 4.40. The summed E-state index contributed by atoms with van der Waals surface area (Å²) < 4.78 is 1.74. The van der Waals surface area contributed by atoms with Gasteiger partial charge in [0.05, 0.1) is 23.5 Å². The van der Waals surface area contributed by atoms with Crippen molar-refractivity contribution in [2.75, 3.05) is 6.54 Å². The summed E-state index contributed by atoms with van der Waals surface area (Å²) in [4.78, 5) is 24.9. The van der Waals surface area contributed by atoms with Gasteiger partial charge in [0.25, 0.3) is 5.91 Å². The fraction of sp³-hybridized carbons (Fsp3) is 0.280. The molecular formula is C25H25N7O. The van der Waals surface area contributed by atoms with Crippen LogP contribution in [0.5, 0.6) is 0 Å². The van der Waals surface area contributed by atoms with Crippen LogP contribution in [0.2, 0.25) is 0 Å². The Labute approximate surface area is 190 Å². The van der Waals surface area contributed by atoms with E-state index in [1.807, 2.05) is 6.07 Å². The van der Waals surface area contributed by atoms with E-state index < -0.39 is 0 Å². The van der Waals surface area contributed by atoms with Gasteiger partial charge in [-0.15, -0.1) is 0 Å². The number of hydrogen-bond donors (Lipinski definition) is 3. The van der Waals surface area contributed by atoms with Gasteiger partial charge in [0.2, 0.25) is 0 Å². The molecule has 4 aromatic heterocycles. The Morgan fingerprint density at radius 3 is 2.88 bits per heavy atom. The van der Waals surface area contributed by atoms with Gasteiger partial charge < -0.3 is 15.6 Å². The van der Waals surface area contributed by atoms with Crippen molar-refractivity contribution in [1.82, 2.24) is 35.2 Å². The maximum atomic E-state index is 12.8. The second-order valence-corrected chi connectivity index (χ2v) is 8.82. The Bertz CT molecular complexity index is 1460. The van der Waals surface area contributed by atoms with E-state index in [2.05, 4.69) is 54.9 Å². The molecule has 0 saturated heterocycles. The van der Waals surface area contributed by atoms with E-state index in [0.29, 0.717) is 23.3 Å². The van der Waals surface area contributed by atoms with Crippen LogP contribution < -0.4 is 10.6 Å². The predicted octanol–water partition coefficient (Wildman–Crippen LogP) is 3.58. The van der Waals surface area contributed by atoms with Crippen molar-refractivity contribution in [3.8, 4) is 0 Å². The van der Waals surface area contributed by atoms with Crippen molar-refractivity contribution in [3.63, 3.8) is 0 Å². The van der Waals surface area contributed by atoms with Crippen LogP contribution in [-0.2, 0) is 13.1 Å². The molecule has 1 aliphatic rings. The molecule has 0 bridgehead atoms. The molecule has 0 unspecified atom stereocenters. The zero-order chi connectivity index (χ0) is 22.2. The number of amides is 1. The van der Waals surface area contributed by atoms with Gasteiger partial charge in [-0.3, -0.25) is 4.79 Å². The number of fused-ring (bicyclic) bond motifs is 4. The van der Waals surface area contributed by atoms with Gasteiger partial charge >= 0.3 is 0 Å². The van der Waals surface area contributed by atoms with Crippen molar-refractivity contribution in [2.45, 2.75) is 32.4 Å². The number of carbonyl (C=O) groups is 1. The number of hydrogen-bond acceptors (Lipinski definition) is 5. The Kier molecular flexibility index (Phi) is 4.99. The van der Waals surface area contributed by atoms with Gasteiger partial charge in [0, 0.05) is 30.5 Å². The van der Waals surface area contributed by atoms with Gasteiger partial charge in [-0.25, -0.2) is 14.5 Å². The molecule has 0 aliphatic heterocycles. The molecule has 8 nitrogen and oxygen atoms in total. The lowest BCUT2D eigenvalue weighted by atomic mass is 9.85. The molecule has 8 heteroatoms. The molecular weight excluding hydrogens is 414 g/mol. The number of nitrogens with one attached hydrogen (secondary N) is 3. The predicted molar refractivity (Wildman–Crippen MR) is 127 cm³/mol. The quantitative estimate of drug-likeness (QED) is 0.360. The second-order valence-electron chi connectivity index (χ2n) is 8.82. The summed E-state index contributed by atoms with van der Waals surface area (Å²) in [5.74, 6) is 0.672. The van der Waals surface area contributed by atoms with Crippen LogP contribution in [0.4, 0.5) is 0 Å². The summed E-state index contributed by atoms with van der Waals surface area (Å²) in [5, 5.41) is 12.0. The lowest BCUT2D eigenvalue weighted by molar-refractivity contribution is 0.0950. The number of aromatic amines is 1. The largest absolute Gasteiger partial charge is 0.357 e. The molecule has 166 valence electrons. The first-order valence-corrected chi connectivity index (χ1v) is 11.4. The van der Waals surface area contributed by atoms with Crippen molar-refractivity contribution < 1.29 is 4.79 Å². The maximum absolute atomic E-state index is 12.8. The molecule has 4 heterocycles. The molecule has 0 spiro atoms. The van der Waals surface area contributed by atoms with Crippen molar-refractivity contribution >= 4 is 33.5 Å². The molecule has 1 aliphatic carbocycles. The molecule has 1 amide bonds. The zero-order valence-corrected chi connectivity index (χ0v) is 18.2. The van der Waals surface area contributed by atoms with Crippen molar-refractivity contribution in [3.05, 3.63) is 71.8 Å². The second kappa shape index (κ2) is 8.29. The topological polar surface area (TPSA) is 100 Å². The van der Waals surface area contributed by atoms with E-state index in [1.54, 1.807) is 29.2 Å². The highest BCUT2D eigenvalue weighted by atomic mass is 16.1. The molecule has 1 saturated carbocycles. The average Bonchev–Trinajstić information content (AvgIpc) is 3.45. The maximum Gasteiger partial charge on any atom is 0.253 e. The average molecular weight is 440 g/mol. The van der Waals surface area contributed by atoms with Crippen LogP contribution >= 0.6 is 0 Å². The number of benzene rings is 1. The molecule has 3 N–H and O–H groups in total. The number of aromatic nitrogens is 5. The SMILES string of the molecule is O=C(NCc1ccc2cc(CNCC3CCC3)[nH]c2c1)c1cnc2ncc3ccnn3c2c1. The number of rotatable bonds is 7. The highest BCUT2D eigenvalue weighted by Gasteiger charge is 2.16. The fourth-order valence-electron chi connectivity index (χ4n) is 4.40. The first kappa shape index (κ1) is 19.9. The van der Waals surface area contributed by atoms with Crippen LogP contribution in [0.3, 0.4) is 0 Å². The van der Waals surface area contributed by atoms with Crippen LogP contribution in [-0.4, -0.2) is 37.0 Å². The Morgan fingerprint density at radius 1 is 1.09 bits per heavy atom. The third-order valence-corrected chi connectivity index (χ3v) is 6.50. The van der Waals surface area contributed by atoms with E-state index in [-0.39, 0.29) is 5.91 Å². The summed E-state index contributed by atoms with van der Waals surface area (Å²) in [7, 11) is 0. The van der Waals surface area contributed by atoms with Gasteiger partial charge in [-0.2, -0.15) is 5.10 Å². The van der Waals surface area contributed by atoms with E-state index in [9.17, 15) is 4.79 Å². The van der Waals surface area contributed by atoms with Gasteiger partial charge in [-0.1, -0.05) is 18.6 Å². The summed E-state index contributed by atoms with van der Waals surface area (Å²) in [6.07, 6.45) is 9.06. The number of carbonyl (C=O) groups excluding carboxylic acids is 1. The molecule has 6 rings (SSSR count). The molecule has 0 atom stereocenters. The molecule has 0 radical (unpaired) electrons. The minimum atomic E-state index is -0.180. The van der Waals surface area contributed by atoms with Crippen LogP contribution in [0, 0.1) is 5.92 Å². The minimum absolute atomic E-state index is 0.180. The summed E-state index contributed by atoms with van der Waals surface area (Å²) in [6.45, 7) is 2.38.